The van der Waals surface area contributed by atoms with E-state index in [1.54, 1.807) is 10.7 Å². The maximum absolute atomic E-state index is 13.7. The van der Waals surface area contributed by atoms with E-state index in [9.17, 15) is 18.4 Å². The fourth-order valence-electron chi connectivity index (χ4n) is 2.88. The van der Waals surface area contributed by atoms with Crippen molar-refractivity contribution >= 4 is 33.3 Å². The van der Waals surface area contributed by atoms with E-state index in [0.29, 0.717) is 0 Å². The van der Waals surface area contributed by atoms with Crippen molar-refractivity contribution in [1.29, 1.82) is 0 Å². The molecule has 2 aromatic carbocycles. The van der Waals surface area contributed by atoms with Crippen molar-refractivity contribution in [3.8, 4) is 5.69 Å². The molecule has 0 saturated carbocycles. The minimum atomic E-state index is -0.868. The number of aryl methyl sites for hydroxylation is 1. The van der Waals surface area contributed by atoms with Crippen molar-refractivity contribution in [3.63, 3.8) is 0 Å². The number of halogens is 2. The number of carbonyl (C=O) groups is 2. The zero-order chi connectivity index (χ0) is 20.5. The maximum atomic E-state index is 13.7. The van der Waals surface area contributed by atoms with E-state index in [1.165, 1.54) is 11.3 Å². The molecule has 0 fully saturated rings. The zero-order valence-corrected chi connectivity index (χ0v) is 16.0. The van der Waals surface area contributed by atoms with E-state index in [-0.39, 0.29) is 4.88 Å². The largest absolute Gasteiger partial charge is 0.453 e. The van der Waals surface area contributed by atoms with E-state index in [1.807, 2.05) is 37.3 Å². The van der Waals surface area contributed by atoms with Gasteiger partial charge >= 0.3 is 5.97 Å². The van der Waals surface area contributed by atoms with Crippen LogP contribution < -0.4 is 0 Å². The van der Waals surface area contributed by atoms with Gasteiger partial charge in [-0.05, 0) is 43.3 Å². The summed E-state index contributed by atoms with van der Waals surface area (Å²) in [7, 11) is 0. The van der Waals surface area contributed by atoms with Crippen molar-refractivity contribution < 1.29 is 23.1 Å². The summed E-state index contributed by atoms with van der Waals surface area (Å²) in [4.78, 5) is 25.5. The molecule has 146 valence electrons. The van der Waals surface area contributed by atoms with Crippen LogP contribution in [0.3, 0.4) is 0 Å². The second-order valence-corrected chi connectivity index (χ2v) is 7.32. The number of nitrogens with zero attached hydrogens (tertiary/aromatic N) is 2. The SMILES string of the molecule is Cc1nn(-c2ccccc2)c2sc(C(=O)OCC(=O)c3cc(F)ccc3F)cc12. The predicted octanol–water partition coefficient (Wildman–Crippen LogP) is 4.71. The molecule has 2 heterocycles. The lowest BCUT2D eigenvalue weighted by Gasteiger charge is -2.04. The van der Waals surface area contributed by atoms with Gasteiger partial charge in [0.1, 0.15) is 21.3 Å². The fraction of sp³-hybridized carbons (Fsp3) is 0.0952. The van der Waals surface area contributed by atoms with E-state index in [0.717, 1.165) is 39.8 Å². The number of thiophene rings is 1. The van der Waals surface area contributed by atoms with Crippen molar-refractivity contribution in [2.24, 2.45) is 0 Å². The maximum Gasteiger partial charge on any atom is 0.348 e. The van der Waals surface area contributed by atoms with Crippen LogP contribution in [-0.2, 0) is 4.74 Å². The number of ether oxygens (including phenoxy) is 1. The molecular weight excluding hydrogens is 398 g/mol. The minimum Gasteiger partial charge on any atom is -0.453 e. The summed E-state index contributed by atoms with van der Waals surface area (Å²) in [6.07, 6.45) is 0. The lowest BCUT2D eigenvalue weighted by atomic mass is 10.1. The molecule has 2 aromatic heterocycles. The third-order valence-corrected chi connectivity index (χ3v) is 5.40. The van der Waals surface area contributed by atoms with Crippen LogP contribution in [0.5, 0.6) is 0 Å². The van der Waals surface area contributed by atoms with E-state index < -0.39 is 35.6 Å². The van der Waals surface area contributed by atoms with Crippen molar-refractivity contribution in [1.82, 2.24) is 9.78 Å². The fourth-order valence-corrected chi connectivity index (χ4v) is 3.96. The van der Waals surface area contributed by atoms with Gasteiger partial charge < -0.3 is 4.74 Å². The third-order valence-electron chi connectivity index (χ3n) is 4.31. The third kappa shape index (κ3) is 3.66. The minimum absolute atomic E-state index is 0.290. The molecule has 0 unspecified atom stereocenters. The summed E-state index contributed by atoms with van der Waals surface area (Å²) in [5.41, 5.74) is 1.14. The molecule has 0 aliphatic rings. The number of Topliss-reactive ketones (excluding diaryl/α,β-unsaturated/α-hetero) is 1. The van der Waals surface area contributed by atoms with Crippen molar-refractivity contribution in [2.45, 2.75) is 6.92 Å². The molecule has 4 aromatic rings. The molecule has 0 N–H and O–H groups in total. The molecule has 0 amide bonds. The van der Waals surface area contributed by atoms with E-state index in [4.69, 9.17) is 4.74 Å². The summed E-state index contributed by atoms with van der Waals surface area (Å²) in [5.74, 6) is -3.14. The van der Waals surface area contributed by atoms with Gasteiger partial charge in [0.05, 0.1) is 16.9 Å². The highest BCUT2D eigenvalue weighted by atomic mass is 32.1. The average Bonchev–Trinajstić information content (AvgIpc) is 3.29. The second-order valence-electron chi connectivity index (χ2n) is 6.29. The number of hydrogen-bond donors (Lipinski definition) is 0. The van der Waals surface area contributed by atoms with Crippen LogP contribution >= 0.6 is 11.3 Å². The number of ketones is 1. The monoisotopic (exact) mass is 412 g/mol. The van der Waals surface area contributed by atoms with Gasteiger partial charge in [-0.15, -0.1) is 11.3 Å². The van der Waals surface area contributed by atoms with Gasteiger partial charge in [-0.3, -0.25) is 4.79 Å². The first-order valence-corrected chi connectivity index (χ1v) is 9.45. The molecule has 29 heavy (non-hydrogen) atoms. The standard InChI is InChI=1S/C21H14F2N2O3S/c1-12-15-10-19(29-20(15)25(24-12)14-5-3-2-4-6-14)21(27)28-11-18(26)16-9-13(22)7-8-17(16)23/h2-10H,11H2,1H3. The summed E-state index contributed by atoms with van der Waals surface area (Å²) < 4.78 is 33.7. The predicted molar refractivity (Wildman–Crippen MR) is 105 cm³/mol. The summed E-state index contributed by atoms with van der Waals surface area (Å²) in [6.45, 7) is 1.15. The van der Waals surface area contributed by atoms with Gasteiger partial charge in [-0.25, -0.2) is 18.3 Å². The van der Waals surface area contributed by atoms with Crippen LogP contribution in [0.15, 0.2) is 54.6 Å². The van der Waals surface area contributed by atoms with Crippen LogP contribution in [0, 0.1) is 18.6 Å². The number of hydrogen-bond acceptors (Lipinski definition) is 5. The highest BCUT2D eigenvalue weighted by Gasteiger charge is 2.20. The lowest BCUT2D eigenvalue weighted by molar-refractivity contribution is 0.0478. The normalized spacial score (nSPS) is 11.0. The van der Waals surface area contributed by atoms with Crippen LogP contribution in [0.2, 0.25) is 0 Å². The molecule has 0 aliphatic carbocycles. The highest BCUT2D eigenvalue weighted by Crippen LogP contribution is 2.30. The Kier molecular flexibility index (Phi) is 4.94. The molecule has 0 bridgehead atoms. The van der Waals surface area contributed by atoms with Crippen molar-refractivity contribution in [2.75, 3.05) is 6.61 Å². The number of carbonyl (C=O) groups excluding carboxylic acids is 2. The Morgan fingerprint density at radius 2 is 1.86 bits per heavy atom. The van der Waals surface area contributed by atoms with Gasteiger partial charge in [0, 0.05) is 5.39 Å². The first-order valence-electron chi connectivity index (χ1n) is 8.64. The van der Waals surface area contributed by atoms with Crippen LogP contribution in [0.4, 0.5) is 8.78 Å². The molecule has 5 nitrogen and oxygen atoms in total. The first kappa shape index (κ1) is 18.9. The number of fused-ring (bicyclic) bond motifs is 1. The molecule has 8 heteroatoms. The molecule has 0 atom stereocenters. The Morgan fingerprint density at radius 3 is 2.62 bits per heavy atom. The molecule has 0 saturated heterocycles. The second kappa shape index (κ2) is 7.56. The summed E-state index contributed by atoms with van der Waals surface area (Å²) in [6, 6.07) is 13.7. The topological polar surface area (TPSA) is 61.2 Å². The number of benzene rings is 2. The molecule has 4 rings (SSSR count). The lowest BCUT2D eigenvalue weighted by Crippen LogP contribution is -2.15. The Morgan fingerprint density at radius 1 is 1.10 bits per heavy atom. The average molecular weight is 412 g/mol. The molecular formula is C21H14F2N2O3S. The Bertz CT molecular complexity index is 1230. The van der Waals surface area contributed by atoms with Crippen LogP contribution in [0.1, 0.15) is 25.7 Å². The van der Waals surface area contributed by atoms with Crippen LogP contribution in [0.25, 0.3) is 15.9 Å². The van der Waals surface area contributed by atoms with Crippen molar-refractivity contribution in [3.05, 3.63) is 82.4 Å². The molecule has 0 radical (unpaired) electrons. The number of rotatable bonds is 5. The number of para-hydroxylation sites is 1. The quantitative estimate of drug-likeness (QED) is 0.352. The summed E-state index contributed by atoms with van der Waals surface area (Å²) in [5, 5.41) is 5.30. The Hall–Kier alpha value is -3.39. The van der Waals surface area contributed by atoms with Gasteiger partial charge in [0.2, 0.25) is 5.78 Å². The number of esters is 1. The van der Waals surface area contributed by atoms with Gasteiger partial charge in [0.15, 0.2) is 6.61 Å². The highest BCUT2D eigenvalue weighted by molar-refractivity contribution is 7.20. The van der Waals surface area contributed by atoms with E-state index >= 15 is 0 Å². The number of aromatic nitrogens is 2. The first-order chi connectivity index (χ1) is 13.9. The van der Waals surface area contributed by atoms with Crippen LogP contribution in [-0.4, -0.2) is 28.1 Å². The van der Waals surface area contributed by atoms with Gasteiger partial charge in [-0.1, -0.05) is 18.2 Å². The van der Waals surface area contributed by atoms with Gasteiger partial charge in [0.25, 0.3) is 0 Å². The smallest absolute Gasteiger partial charge is 0.348 e. The summed E-state index contributed by atoms with van der Waals surface area (Å²) >= 11 is 1.18. The Labute approximate surface area is 168 Å². The molecule has 0 aliphatic heterocycles. The Balaban J connectivity index is 1.55. The molecule has 0 spiro atoms. The van der Waals surface area contributed by atoms with Gasteiger partial charge in [-0.2, -0.15) is 5.10 Å². The van der Waals surface area contributed by atoms with E-state index in [2.05, 4.69) is 5.10 Å². The zero-order valence-electron chi connectivity index (χ0n) is 15.2.